The number of nitrogens with zero attached hydrogens (tertiary/aromatic N) is 5. The zero-order chi connectivity index (χ0) is 17.8. The maximum Gasteiger partial charge on any atom is 0.248 e. The Kier molecular flexibility index (Phi) is 5.50. The molecule has 0 saturated carbocycles. The van der Waals surface area contributed by atoms with E-state index in [1.165, 1.54) is 16.2 Å². The van der Waals surface area contributed by atoms with Gasteiger partial charge >= 0.3 is 0 Å². The topological polar surface area (TPSA) is 79.3 Å². The summed E-state index contributed by atoms with van der Waals surface area (Å²) in [6.45, 7) is 5.61. The van der Waals surface area contributed by atoms with E-state index in [0.717, 1.165) is 31.9 Å². The van der Waals surface area contributed by atoms with Crippen LogP contribution in [0.1, 0.15) is 30.0 Å². The summed E-state index contributed by atoms with van der Waals surface area (Å²) in [6.07, 6.45) is 6.50. The second-order valence-corrected chi connectivity index (χ2v) is 6.60. The smallest absolute Gasteiger partial charge is 0.248 e. The molecule has 0 spiro atoms. The Morgan fingerprint density at radius 3 is 2.96 bits per heavy atom. The second-order valence-electron chi connectivity index (χ2n) is 6.60. The van der Waals surface area contributed by atoms with Crippen LogP contribution in [0.25, 0.3) is 0 Å². The Balaban J connectivity index is 1.55. The maximum atomic E-state index is 11.5. The number of hydrogen-bond acceptors (Lipinski definition) is 5. The van der Waals surface area contributed by atoms with Gasteiger partial charge in [0.2, 0.25) is 5.91 Å². The lowest BCUT2D eigenvalue weighted by Gasteiger charge is -2.34. The van der Waals surface area contributed by atoms with Crippen molar-refractivity contribution in [3.05, 3.63) is 35.7 Å². The first kappa shape index (κ1) is 17.6. The molecular formula is C17H26N6O2. The predicted octanol–water partition coefficient (Wildman–Crippen LogP) is 0.830. The van der Waals surface area contributed by atoms with Gasteiger partial charge in [0.05, 0.1) is 18.8 Å². The summed E-state index contributed by atoms with van der Waals surface area (Å²) in [7, 11) is 3.46. The molecule has 1 aliphatic heterocycles. The first-order valence-corrected chi connectivity index (χ1v) is 8.60. The molecule has 0 bridgehead atoms. The van der Waals surface area contributed by atoms with Gasteiger partial charge in [0, 0.05) is 63.8 Å². The molecule has 1 aliphatic rings. The van der Waals surface area contributed by atoms with Gasteiger partial charge < -0.3 is 14.2 Å². The lowest BCUT2D eigenvalue weighted by molar-refractivity contribution is -0.133. The number of fused-ring (bicyclic) bond motifs is 1. The Labute approximate surface area is 147 Å². The largest absolute Gasteiger partial charge is 0.371 e. The number of nitrogens with one attached hydrogen (secondary N) is 1. The fraction of sp³-hybridized carbons (Fsp3) is 0.588. The average molecular weight is 346 g/mol. The second kappa shape index (κ2) is 7.79. The number of aromatic nitrogens is 4. The van der Waals surface area contributed by atoms with Crippen LogP contribution in [0.3, 0.4) is 0 Å². The van der Waals surface area contributed by atoms with E-state index in [2.05, 4.69) is 31.6 Å². The number of likely N-dealkylation sites (N-methyl/N-ethyl adjacent to an activating group) is 1. The molecule has 1 atom stereocenters. The van der Waals surface area contributed by atoms with Crippen LogP contribution in [-0.4, -0.2) is 69.3 Å². The van der Waals surface area contributed by atoms with Gasteiger partial charge in [-0.1, -0.05) is 0 Å². The number of rotatable bonds is 7. The molecule has 0 radical (unpaired) electrons. The van der Waals surface area contributed by atoms with Crippen LogP contribution in [0.15, 0.2) is 18.6 Å². The van der Waals surface area contributed by atoms with Gasteiger partial charge in [-0.15, -0.1) is 0 Å². The number of hydrogen-bond donors (Lipinski definition) is 1. The highest BCUT2D eigenvalue weighted by Crippen LogP contribution is 2.26. The van der Waals surface area contributed by atoms with E-state index < -0.39 is 0 Å². The molecule has 3 rings (SSSR count). The summed E-state index contributed by atoms with van der Waals surface area (Å²) < 4.78 is 7.77. The first-order valence-electron chi connectivity index (χ1n) is 8.60. The summed E-state index contributed by atoms with van der Waals surface area (Å²) >= 11 is 0. The summed E-state index contributed by atoms with van der Waals surface area (Å²) in [6, 6.07) is 0.258. The van der Waals surface area contributed by atoms with E-state index in [9.17, 15) is 4.79 Å². The van der Waals surface area contributed by atoms with E-state index in [-0.39, 0.29) is 18.6 Å². The highest BCUT2D eigenvalue weighted by atomic mass is 16.5. The molecule has 8 heteroatoms. The fourth-order valence-corrected chi connectivity index (χ4v) is 3.08. The average Bonchev–Trinajstić information content (AvgIpc) is 3.24. The van der Waals surface area contributed by atoms with Gasteiger partial charge in [0.25, 0.3) is 0 Å². The number of amides is 1. The minimum atomic E-state index is -0.0150. The van der Waals surface area contributed by atoms with E-state index >= 15 is 0 Å². The molecule has 2 aromatic rings. The standard InChI is InChI=1S/C17H26N6O2/c1-13-17-18-10-15(4-7-25-12-16(24)21(2)3)23(17)6-5-22(13)11-14-8-19-20-9-14/h8-10,13H,4-7,11-12H2,1-3H3,(H,19,20)/t13-/m1/s1. The SMILES string of the molecule is C[C@@H]1c2ncc(CCOCC(=O)N(C)C)n2CCN1Cc1cn[nH]c1. The van der Waals surface area contributed by atoms with Crippen LogP contribution in [0.2, 0.25) is 0 Å². The normalized spacial score (nSPS) is 17.5. The monoisotopic (exact) mass is 346 g/mol. The van der Waals surface area contributed by atoms with E-state index in [1.54, 1.807) is 14.1 Å². The zero-order valence-corrected chi connectivity index (χ0v) is 15.1. The molecule has 3 heterocycles. The molecule has 2 aromatic heterocycles. The van der Waals surface area contributed by atoms with Gasteiger partial charge in [-0.3, -0.25) is 14.8 Å². The molecule has 8 nitrogen and oxygen atoms in total. The first-order chi connectivity index (χ1) is 12.1. The van der Waals surface area contributed by atoms with Crippen molar-refractivity contribution >= 4 is 5.91 Å². The molecule has 136 valence electrons. The molecule has 0 aliphatic carbocycles. The highest BCUT2D eigenvalue weighted by Gasteiger charge is 2.27. The number of aromatic amines is 1. The summed E-state index contributed by atoms with van der Waals surface area (Å²) in [5.41, 5.74) is 2.35. The summed E-state index contributed by atoms with van der Waals surface area (Å²) in [5, 5.41) is 6.88. The number of imidazole rings is 1. The lowest BCUT2D eigenvalue weighted by atomic mass is 10.2. The Morgan fingerprint density at radius 1 is 1.40 bits per heavy atom. The van der Waals surface area contributed by atoms with Crippen molar-refractivity contribution in [1.29, 1.82) is 0 Å². The Hall–Kier alpha value is -2.19. The van der Waals surface area contributed by atoms with Crippen LogP contribution < -0.4 is 0 Å². The molecule has 0 aromatic carbocycles. The zero-order valence-electron chi connectivity index (χ0n) is 15.1. The van der Waals surface area contributed by atoms with Crippen molar-refractivity contribution in [2.45, 2.75) is 32.5 Å². The molecule has 1 N–H and O–H groups in total. The van der Waals surface area contributed by atoms with Crippen molar-refractivity contribution in [2.75, 3.05) is 33.9 Å². The van der Waals surface area contributed by atoms with Crippen molar-refractivity contribution in [2.24, 2.45) is 0 Å². The van der Waals surface area contributed by atoms with Gasteiger partial charge in [0.15, 0.2) is 0 Å². The molecule has 25 heavy (non-hydrogen) atoms. The van der Waals surface area contributed by atoms with Gasteiger partial charge in [0.1, 0.15) is 12.4 Å². The minimum Gasteiger partial charge on any atom is -0.371 e. The number of ether oxygens (including phenoxy) is 1. The van der Waals surface area contributed by atoms with Gasteiger partial charge in [-0.05, 0) is 6.92 Å². The van der Waals surface area contributed by atoms with Crippen molar-refractivity contribution in [1.82, 2.24) is 29.5 Å². The summed E-state index contributed by atoms with van der Waals surface area (Å²) in [4.78, 5) is 20.1. The predicted molar refractivity (Wildman–Crippen MR) is 92.9 cm³/mol. The Morgan fingerprint density at radius 2 is 2.24 bits per heavy atom. The number of carbonyl (C=O) groups is 1. The van der Waals surface area contributed by atoms with Crippen molar-refractivity contribution < 1.29 is 9.53 Å². The van der Waals surface area contributed by atoms with Crippen molar-refractivity contribution in [3.63, 3.8) is 0 Å². The maximum absolute atomic E-state index is 11.5. The molecule has 1 amide bonds. The number of carbonyl (C=O) groups excluding carboxylic acids is 1. The third kappa shape index (κ3) is 4.08. The van der Waals surface area contributed by atoms with Crippen LogP contribution in [0.4, 0.5) is 0 Å². The van der Waals surface area contributed by atoms with E-state index in [1.807, 2.05) is 18.6 Å². The molecule has 0 unspecified atom stereocenters. The molecule has 0 saturated heterocycles. The van der Waals surface area contributed by atoms with Crippen LogP contribution in [-0.2, 0) is 29.0 Å². The Bertz CT molecular complexity index is 694. The molecular weight excluding hydrogens is 320 g/mol. The van der Waals surface area contributed by atoms with E-state index in [0.29, 0.717) is 6.61 Å². The van der Waals surface area contributed by atoms with Gasteiger partial charge in [-0.2, -0.15) is 5.10 Å². The fourth-order valence-electron chi connectivity index (χ4n) is 3.08. The van der Waals surface area contributed by atoms with Crippen molar-refractivity contribution in [3.8, 4) is 0 Å². The third-order valence-electron chi connectivity index (χ3n) is 4.67. The van der Waals surface area contributed by atoms with Gasteiger partial charge in [-0.25, -0.2) is 4.98 Å². The van der Waals surface area contributed by atoms with Crippen LogP contribution in [0, 0.1) is 0 Å². The highest BCUT2D eigenvalue weighted by molar-refractivity contribution is 5.76. The molecule has 0 fully saturated rings. The minimum absolute atomic E-state index is 0.0150. The quantitative estimate of drug-likeness (QED) is 0.751. The van der Waals surface area contributed by atoms with Crippen LogP contribution in [0.5, 0.6) is 0 Å². The third-order valence-corrected chi connectivity index (χ3v) is 4.67. The number of H-pyrrole nitrogens is 1. The van der Waals surface area contributed by atoms with Crippen LogP contribution >= 0.6 is 0 Å². The van der Waals surface area contributed by atoms with E-state index in [4.69, 9.17) is 4.74 Å². The lowest BCUT2D eigenvalue weighted by Crippen LogP contribution is -2.37. The summed E-state index contributed by atoms with van der Waals surface area (Å²) in [5.74, 6) is 1.08.